The highest BCUT2D eigenvalue weighted by atomic mass is 35.5. The van der Waals surface area contributed by atoms with Crippen molar-refractivity contribution in [1.82, 2.24) is 4.90 Å². The minimum absolute atomic E-state index is 0.120. The zero-order chi connectivity index (χ0) is 17.1. The number of nitrogens with zero attached hydrogens (tertiary/aromatic N) is 2. The fraction of sp³-hybridized carbons (Fsp3) is 0.235. The van der Waals surface area contributed by atoms with Crippen molar-refractivity contribution in [3.05, 3.63) is 68.7 Å². The molecule has 0 atom stereocenters. The van der Waals surface area contributed by atoms with Crippen molar-refractivity contribution >= 4 is 28.9 Å². The van der Waals surface area contributed by atoms with Gasteiger partial charge < -0.3 is 5.32 Å². The molecule has 1 aliphatic heterocycles. The molecular formula is C17H16ClN3O3. The lowest BCUT2D eigenvalue weighted by molar-refractivity contribution is -0.383. The average Bonchev–Trinajstić information content (AvgIpc) is 2.54. The molecule has 0 fully saturated rings. The van der Waals surface area contributed by atoms with Crippen LogP contribution in [0.25, 0.3) is 0 Å². The molecule has 2 aromatic rings. The standard InChI is InChI=1S/C17H16ClN3O3/c18-14-5-6-16(21(23)24)15(9-14)19-17(22)11-20-8-7-12-3-1-2-4-13(12)10-20/h1-6,9H,7-8,10-11H2,(H,19,22). The molecule has 1 amide bonds. The normalized spacial score (nSPS) is 14.0. The van der Waals surface area contributed by atoms with E-state index in [9.17, 15) is 14.9 Å². The number of nitrogens with one attached hydrogen (secondary N) is 1. The van der Waals surface area contributed by atoms with Gasteiger partial charge in [0.25, 0.3) is 5.69 Å². The minimum Gasteiger partial charge on any atom is -0.319 e. The Kier molecular flexibility index (Phi) is 4.78. The second-order valence-corrected chi connectivity index (χ2v) is 6.13. The Morgan fingerprint density at radius 1 is 1.25 bits per heavy atom. The van der Waals surface area contributed by atoms with Gasteiger partial charge >= 0.3 is 0 Å². The monoisotopic (exact) mass is 345 g/mol. The van der Waals surface area contributed by atoms with Gasteiger partial charge in [-0.3, -0.25) is 19.8 Å². The molecule has 0 unspecified atom stereocenters. The molecule has 0 radical (unpaired) electrons. The number of anilines is 1. The van der Waals surface area contributed by atoms with Crippen LogP contribution in [0.3, 0.4) is 0 Å². The van der Waals surface area contributed by atoms with Crippen molar-refractivity contribution in [2.75, 3.05) is 18.4 Å². The summed E-state index contributed by atoms with van der Waals surface area (Å²) in [5, 5.41) is 14.0. The van der Waals surface area contributed by atoms with E-state index in [4.69, 9.17) is 11.6 Å². The number of carbonyl (C=O) groups is 1. The van der Waals surface area contributed by atoms with Crippen LogP contribution < -0.4 is 5.32 Å². The van der Waals surface area contributed by atoms with Gasteiger partial charge in [0.2, 0.25) is 5.91 Å². The maximum absolute atomic E-state index is 12.3. The van der Waals surface area contributed by atoms with Crippen LogP contribution in [-0.4, -0.2) is 28.8 Å². The number of nitro benzene ring substituents is 1. The summed E-state index contributed by atoms with van der Waals surface area (Å²) in [6, 6.07) is 12.3. The lowest BCUT2D eigenvalue weighted by atomic mass is 10.00. The predicted molar refractivity (Wildman–Crippen MR) is 92.2 cm³/mol. The maximum atomic E-state index is 12.3. The van der Waals surface area contributed by atoms with Gasteiger partial charge in [0.15, 0.2) is 0 Å². The molecule has 1 N–H and O–H groups in total. The second-order valence-electron chi connectivity index (χ2n) is 5.70. The van der Waals surface area contributed by atoms with E-state index in [0.717, 1.165) is 13.0 Å². The van der Waals surface area contributed by atoms with Gasteiger partial charge in [-0.15, -0.1) is 0 Å². The number of rotatable bonds is 4. The van der Waals surface area contributed by atoms with Crippen LogP contribution in [0.15, 0.2) is 42.5 Å². The van der Waals surface area contributed by atoms with Gasteiger partial charge in [-0.2, -0.15) is 0 Å². The van der Waals surface area contributed by atoms with Gasteiger partial charge in [0.1, 0.15) is 5.69 Å². The summed E-state index contributed by atoms with van der Waals surface area (Å²) in [7, 11) is 0. The molecule has 7 heteroatoms. The third-order valence-corrected chi connectivity index (χ3v) is 4.24. The van der Waals surface area contributed by atoms with Crippen LogP contribution in [-0.2, 0) is 17.8 Å². The van der Waals surface area contributed by atoms with Gasteiger partial charge in [-0.05, 0) is 29.7 Å². The van der Waals surface area contributed by atoms with E-state index < -0.39 is 4.92 Å². The van der Waals surface area contributed by atoms with E-state index in [1.807, 2.05) is 17.0 Å². The summed E-state index contributed by atoms with van der Waals surface area (Å²) in [6.45, 7) is 1.65. The van der Waals surface area contributed by atoms with Gasteiger partial charge in [-0.1, -0.05) is 35.9 Å². The molecule has 6 nitrogen and oxygen atoms in total. The Hall–Kier alpha value is -2.44. The second kappa shape index (κ2) is 6.98. The average molecular weight is 346 g/mol. The number of nitro groups is 1. The van der Waals surface area contributed by atoms with Crippen LogP contribution in [0.1, 0.15) is 11.1 Å². The molecular weight excluding hydrogens is 330 g/mol. The van der Waals surface area contributed by atoms with Crippen molar-refractivity contribution in [3.63, 3.8) is 0 Å². The van der Waals surface area contributed by atoms with Crippen LogP contribution in [0.2, 0.25) is 5.02 Å². The first-order chi connectivity index (χ1) is 11.5. The summed E-state index contributed by atoms with van der Waals surface area (Å²) in [5.41, 5.74) is 2.47. The third kappa shape index (κ3) is 3.72. The molecule has 1 heterocycles. The Balaban J connectivity index is 1.67. The molecule has 0 saturated heterocycles. The fourth-order valence-corrected chi connectivity index (χ4v) is 3.02. The van der Waals surface area contributed by atoms with Crippen LogP contribution in [0, 0.1) is 10.1 Å². The molecule has 0 aromatic heterocycles. The van der Waals surface area contributed by atoms with Crippen molar-refractivity contribution < 1.29 is 9.72 Å². The number of fused-ring (bicyclic) bond motifs is 1. The molecule has 0 spiro atoms. The Bertz CT molecular complexity index is 794. The van der Waals surface area contributed by atoms with Gasteiger partial charge in [0, 0.05) is 24.2 Å². The molecule has 124 valence electrons. The Morgan fingerprint density at radius 2 is 2.00 bits per heavy atom. The van der Waals surface area contributed by atoms with Gasteiger partial charge in [-0.25, -0.2) is 0 Å². The number of benzene rings is 2. The topological polar surface area (TPSA) is 75.5 Å². The van der Waals surface area contributed by atoms with Crippen molar-refractivity contribution in [1.29, 1.82) is 0 Å². The quantitative estimate of drug-likeness (QED) is 0.681. The first kappa shape index (κ1) is 16.4. The number of hydrogen-bond acceptors (Lipinski definition) is 4. The van der Waals surface area contributed by atoms with E-state index in [2.05, 4.69) is 17.4 Å². The van der Waals surface area contributed by atoms with E-state index in [0.29, 0.717) is 11.6 Å². The van der Waals surface area contributed by atoms with E-state index in [1.165, 1.54) is 29.3 Å². The summed E-state index contributed by atoms with van der Waals surface area (Å²) < 4.78 is 0. The summed E-state index contributed by atoms with van der Waals surface area (Å²) in [5.74, 6) is -0.292. The van der Waals surface area contributed by atoms with Crippen LogP contribution in [0.5, 0.6) is 0 Å². The number of carbonyl (C=O) groups excluding carboxylic acids is 1. The maximum Gasteiger partial charge on any atom is 0.292 e. The van der Waals surface area contributed by atoms with Crippen LogP contribution in [0.4, 0.5) is 11.4 Å². The van der Waals surface area contributed by atoms with E-state index in [1.54, 1.807) is 0 Å². The highest BCUT2D eigenvalue weighted by Crippen LogP contribution is 2.27. The lowest BCUT2D eigenvalue weighted by Crippen LogP contribution is -2.37. The molecule has 0 saturated carbocycles. The van der Waals surface area contributed by atoms with Crippen LogP contribution >= 0.6 is 11.6 Å². The zero-order valence-corrected chi connectivity index (χ0v) is 13.6. The fourth-order valence-electron chi connectivity index (χ4n) is 2.85. The van der Waals surface area contributed by atoms with E-state index in [-0.39, 0.29) is 23.8 Å². The van der Waals surface area contributed by atoms with Gasteiger partial charge in [0.05, 0.1) is 11.5 Å². The third-order valence-electron chi connectivity index (χ3n) is 4.01. The molecule has 1 aliphatic rings. The smallest absolute Gasteiger partial charge is 0.292 e. The summed E-state index contributed by atoms with van der Waals surface area (Å²) in [4.78, 5) is 24.8. The summed E-state index contributed by atoms with van der Waals surface area (Å²) >= 11 is 5.87. The SMILES string of the molecule is O=C(CN1CCc2ccccc2C1)Nc1cc(Cl)ccc1[N+](=O)[O-]. The highest BCUT2D eigenvalue weighted by molar-refractivity contribution is 6.31. The summed E-state index contributed by atoms with van der Waals surface area (Å²) in [6.07, 6.45) is 0.890. The molecule has 2 aromatic carbocycles. The number of amides is 1. The van der Waals surface area contributed by atoms with Crippen molar-refractivity contribution in [3.8, 4) is 0 Å². The molecule has 0 aliphatic carbocycles. The van der Waals surface area contributed by atoms with Crippen molar-refractivity contribution in [2.24, 2.45) is 0 Å². The highest BCUT2D eigenvalue weighted by Gasteiger charge is 2.20. The molecule has 24 heavy (non-hydrogen) atoms. The Labute approximate surface area is 144 Å². The lowest BCUT2D eigenvalue weighted by Gasteiger charge is -2.28. The largest absolute Gasteiger partial charge is 0.319 e. The zero-order valence-electron chi connectivity index (χ0n) is 12.9. The minimum atomic E-state index is -0.539. The van der Waals surface area contributed by atoms with E-state index >= 15 is 0 Å². The number of halogens is 1. The molecule has 0 bridgehead atoms. The first-order valence-corrected chi connectivity index (χ1v) is 7.93. The number of hydrogen-bond donors (Lipinski definition) is 1. The predicted octanol–water partition coefficient (Wildman–Crippen LogP) is 3.25. The first-order valence-electron chi connectivity index (χ1n) is 7.56. The van der Waals surface area contributed by atoms with Crippen molar-refractivity contribution in [2.45, 2.75) is 13.0 Å². The molecule has 3 rings (SSSR count). The Morgan fingerprint density at radius 3 is 2.75 bits per heavy atom.